The van der Waals surface area contributed by atoms with E-state index in [1.54, 1.807) is 0 Å². The summed E-state index contributed by atoms with van der Waals surface area (Å²) in [6, 6.07) is 0. The highest BCUT2D eigenvalue weighted by atomic mass is 31.2. The molecule has 0 saturated heterocycles. The van der Waals surface area contributed by atoms with Crippen LogP contribution in [0, 0.1) is 0 Å². The Morgan fingerprint density at radius 2 is 0.711 bits per heavy atom. The van der Waals surface area contributed by atoms with E-state index in [0.717, 1.165) is 135 Å². The molecule has 0 spiro atoms. The molecule has 3 unspecified atom stereocenters. The Morgan fingerprint density at radius 3 is 1.14 bits per heavy atom. The van der Waals surface area contributed by atoms with Crippen molar-refractivity contribution in [1.82, 2.24) is 0 Å². The van der Waals surface area contributed by atoms with Gasteiger partial charge in [-0.1, -0.05) is 212 Å². The number of allylic oxidation sites excluding steroid dienone is 22. The number of carbonyl (C=O) groups is 3. The Morgan fingerprint density at radius 1 is 0.382 bits per heavy atom. The minimum absolute atomic E-state index is 0.0330. The lowest BCUT2D eigenvalue weighted by atomic mass is 10.1. The van der Waals surface area contributed by atoms with Gasteiger partial charge >= 0.3 is 25.7 Å². The molecular formula is C64H103O11P. The van der Waals surface area contributed by atoms with Gasteiger partial charge in [-0.3, -0.25) is 23.4 Å². The molecule has 0 amide bonds. The third-order valence-electron chi connectivity index (χ3n) is 11.6. The van der Waals surface area contributed by atoms with Crippen molar-refractivity contribution < 1.29 is 52.2 Å². The number of phosphoric ester groups is 1. The standard InChI is InChI=1S/C64H103O11P/c1-4-7-10-13-16-19-22-24-26-28-30-32-34-36-39-42-45-48-51-54-63(67)74-60(56-65)58-72-76(69,70)73-59-61(57-71-62(66)53-50-47-44-41-38-21-18-15-12-9-6-3)75-64(68)55-52-49-46-43-40-37-35-33-31-29-27-25-23-20-17-14-11-8-5-2/h7-8,10-11,15-20,24-27,30-33,37,40,46,49,60-61,65H,4-6,9,12-14,21-23,28-29,34-36,38-39,41-45,47-48,50-59H2,1-3H3,(H,69,70)/b10-7-,11-8-,18-15-,19-16-,20-17-,26-24-,27-25-,32-30-,33-31-,40-37-,49-46-. The van der Waals surface area contributed by atoms with Gasteiger partial charge < -0.3 is 24.2 Å². The molecule has 0 aromatic carbocycles. The summed E-state index contributed by atoms with van der Waals surface area (Å²) < 4.78 is 39.4. The van der Waals surface area contributed by atoms with Gasteiger partial charge in [-0.25, -0.2) is 4.57 Å². The number of rotatable bonds is 52. The molecule has 0 heterocycles. The maximum atomic E-state index is 12.9. The van der Waals surface area contributed by atoms with E-state index >= 15 is 0 Å². The fourth-order valence-corrected chi connectivity index (χ4v) is 7.96. The van der Waals surface area contributed by atoms with Gasteiger partial charge in [-0.2, -0.15) is 0 Å². The molecule has 0 saturated carbocycles. The summed E-state index contributed by atoms with van der Waals surface area (Å²) in [4.78, 5) is 48.5. The molecule has 3 atom stereocenters. The van der Waals surface area contributed by atoms with Crippen LogP contribution in [0.5, 0.6) is 0 Å². The molecule has 0 fully saturated rings. The number of aliphatic hydroxyl groups is 1. The molecule has 0 aromatic heterocycles. The fourth-order valence-electron chi connectivity index (χ4n) is 7.18. The lowest BCUT2D eigenvalue weighted by molar-refractivity contribution is -0.161. The van der Waals surface area contributed by atoms with Gasteiger partial charge in [-0.05, 0) is 116 Å². The Balaban J connectivity index is 4.80. The molecule has 0 aliphatic carbocycles. The van der Waals surface area contributed by atoms with Crippen LogP contribution in [0.1, 0.15) is 213 Å². The highest BCUT2D eigenvalue weighted by molar-refractivity contribution is 7.47. The minimum Gasteiger partial charge on any atom is -0.462 e. The molecule has 430 valence electrons. The zero-order chi connectivity index (χ0) is 55.5. The molecule has 0 aliphatic heterocycles. The number of ether oxygens (including phenoxy) is 3. The van der Waals surface area contributed by atoms with Crippen LogP contribution in [0.15, 0.2) is 134 Å². The van der Waals surface area contributed by atoms with Crippen molar-refractivity contribution in [3.8, 4) is 0 Å². The third kappa shape index (κ3) is 54.4. The highest BCUT2D eigenvalue weighted by Gasteiger charge is 2.28. The van der Waals surface area contributed by atoms with Crippen molar-refractivity contribution in [2.24, 2.45) is 0 Å². The van der Waals surface area contributed by atoms with E-state index in [4.69, 9.17) is 23.3 Å². The average molecular weight is 1080 g/mol. The van der Waals surface area contributed by atoms with Gasteiger partial charge in [0.2, 0.25) is 0 Å². The molecule has 2 N–H and O–H groups in total. The largest absolute Gasteiger partial charge is 0.472 e. The zero-order valence-corrected chi connectivity index (χ0v) is 48.3. The monoisotopic (exact) mass is 1080 g/mol. The molecule has 11 nitrogen and oxygen atoms in total. The van der Waals surface area contributed by atoms with Crippen LogP contribution in [0.2, 0.25) is 0 Å². The molecule has 0 aliphatic rings. The van der Waals surface area contributed by atoms with Gasteiger partial charge in [-0.15, -0.1) is 0 Å². The van der Waals surface area contributed by atoms with E-state index in [0.29, 0.717) is 25.7 Å². The highest BCUT2D eigenvalue weighted by Crippen LogP contribution is 2.43. The van der Waals surface area contributed by atoms with Crippen molar-refractivity contribution in [1.29, 1.82) is 0 Å². The maximum absolute atomic E-state index is 12.9. The predicted octanol–water partition coefficient (Wildman–Crippen LogP) is 17.4. The van der Waals surface area contributed by atoms with Crippen molar-refractivity contribution in [3.05, 3.63) is 134 Å². The summed E-state index contributed by atoms with van der Waals surface area (Å²) in [5.41, 5.74) is 0. The van der Waals surface area contributed by atoms with Crippen molar-refractivity contribution in [2.75, 3.05) is 26.4 Å². The van der Waals surface area contributed by atoms with E-state index in [2.05, 4.69) is 142 Å². The van der Waals surface area contributed by atoms with Gasteiger partial charge in [0.15, 0.2) is 6.10 Å². The lowest BCUT2D eigenvalue weighted by Gasteiger charge is -2.21. The first-order valence-corrected chi connectivity index (χ1v) is 30.6. The minimum atomic E-state index is -4.78. The first kappa shape index (κ1) is 71.6. The van der Waals surface area contributed by atoms with Crippen molar-refractivity contribution in [2.45, 2.75) is 226 Å². The van der Waals surface area contributed by atoms with Crippen LogP contribution in [-0.2, 0) is 42.2 Å². The fraction of sp³-hybridized carbons (Fsp3) is 0.609. The average Bonchev–Trinajstić information content (AvgIpc) is 3.41. The molecule has 12 heteroatoms. The molecule has 76 heavy (non-hydrogen) atoms. The van der Waals surface area contributed by atoms with Crippen LogP contribution in [0.4, 0.5) is 0 Å². The van der Waals surface area contributed by atoms with Gasteiger partial charge in [0, 0.05) is 19.3 Å². The number of esters is 3. The Kier molecular flexibility index (Phi) is 53.5. The second-order valence-corrected chi connectivity index (χ2v) is 20.1. The van der Waals surface area contributed by atoms with Crippen molar-refractivity contribution in [3.63, 3.8) is 0 Å². The molecule has 0 rings (SSSR count). The molecule has 0 radical (unpaired) electrons. The Bertz CT molecular complexity index is 1780. The third-order valence-corrected chi connectivity index (χ3v) is 12.5. The number of phosphoric acid groups is 1. The summed E-state index contributed by atoms with van der Waals surface area (Å²) >= 11 is 0. The van der Waals surface area contributed by atoms with E-state index < -0.39 is 57.8 Å². The first-order valence-electron chi connectivity index (χ1n) is 29.1. The number of hydrogen-bond donors (Lipinski definition) is 2. The zero-order valence-electron chi connectivity index (χ0n) is 47.4. The van der Waals surface area contributed by atoms with Crippen LogP contribution < -0.4 is 0 Å². The van der Waals surface area contributed by atoms with Crippen molar-refractivity contribution >= 4 is 25.7 Å². The normalized spacial score (nSPS) is 14.3. The van der Waals surface area contributed by atoms with E-state index in [9.17, 15) is 28.9 Å². The van der Waals surface area contributed by atoms with E-state index in [1.165, 1.54) is 12.8 Å². The predicted molar refractivity (Wildman–Crippen MR) is 316 cm³/mol. The number of carbonyl (C=O) groups excluding carboxylic acids is 3. The number of unbranched alkanes of at least 4 members (excludes halogenated alkanes) is 13. The molecule has 0 aromatic rings. The second-order valence-electron chi connectivity index (χ2n) is 18.7. The van der Waals surface area contributed by atoms with Gasteiger partial charge in [0.25, 0.3) is 0 Å². The van der Waals surface area contributed by atoms with Gasteiger partial charge in [0.1, 0.15) is 12.7 Å². The Labute approximate surface area is 461 Å². The summed E-state index contributed by atoms with van der Waals surface area (Å²) in [5.74, 6) is -1.61. The van der Waals surface area contributed by atoms with Crippen LogP contribution in [0.3, 0.4) is 0 Å². The number of aliphatic hydroxyl groups excluding tert-OH is 1. The summed E-state index contributed by atoms with van der Waals surface area (Å²) in [6.45, 7) is 4.25. The van der Waals surface area contributed by atoms with Gasteiger partial charge in [0.05, 0.1) is 19.8 Å². The van der Waals surface area contributed by atoms with Crippen LogP contribution in [-0.4, -0.2) is 66.5 Å². The summed E-state index contributed by atoms with van der Waals surface area (Å²) in [5, 5.41) is 9.82. The number of hydrogen-bond acceptors (Lipinski definition) is 10. The molecular weight excluding hydrogens is 976 g/mol. The lowest BCUT2D eigenvalue weighted by Crippen LogP contribution is -2.30. The summed E-state index contributed by atoms with van der Waals surface area (Å²) in [6.07, 6.45) is 71.4. The van der Waals surface area contributed by atoms with E-state index in [1.807, 2.05) is 12.2 Å². The van der Waals surface area contributed by atoms with Crippen LogP contribution >= 0.6 is 7.82 Å². The Hall–Kier alpha value is -4.38. The quantitative estimate of drug-likeness (QED) is 0.0197. The SMILES string of the molecule is CC/C=C\C/C=C\C/C=C\C/C=C\C/C=C\C/C=C\CCC(=O)OC(COC(=O)CCCCCCC/C=C\CCCC)COP(=O)(O)OCC(CO)OC(=O)CCCCCCCC/C=C\C/C=C\C/C=C\C/C=C\CC. The van der Waals surface area contributed by atoms with Crippen LogP contribution in [0.25, 0.3) is 0 Å². The first-order chi connectivity index (χ1) is 37.2. The topological polar surface area (TPSA) is 155 Å². The molecule has 0 bridgehead atoms. The second kappa shape index (κ2) is 56.8. The maximum Gasteiger partial charge on any atom is 0.472 e. The smallest absolute Gasteiger partial charge is 0.462 e. The van der Waals surface area contributed by atoms with E-state index in [-0.39, 0.29) is 25.9 Å². The summed E-state index contributed by atoms with van der Waals surface area (Å²) in [7, 11) is -4.78.